The summed E-state index contributed by atoms with van der Waals surface area (Å²) in [5, 5.41) is 0. The second-order valence-electron chi connectivity index (χ2n) is 5.50. The summed E-state index contributed by atoms with van der Waals surface area (Å²) in [6.07, 6.45) is 1.72. The quantitative estimate of drug-likeness (QED) is 0.885. The highest BCUT2D eigenvalue weighted by Gasteiger charge is 2.33. The van der Waals surface area contributed by atoms with E-state index in [0.29, 0.717) is 13.0 Å². The van der Waals surface area contributed by atoms with Crippen LogP contribution in [0.15, 0.2) is 30.3 Å². The zero-order valence-electron chi connectivity index (χ0n) is 12.3. The molecule has 1 aliphatic rings. The van der Waals surface area contributed by atoms with Gasteiger partial charge >= 0.3 is 0 Å². The van der Waals surface area contributed by atoms with Gasteiger partial charge in [0.2, 0.25) is 5.91 Å². The number of hydrogen-bond donors (Lipinski definition) is 1. The van der Waals surface area contributed by atoms with Gasteiger partial charge in [0, 0.05) is 20.2 Å². The predicted molar refractivity (Wildman–Crippen MR) is 79.3 cm³/mol. The molecule has 1 heterocycles. The Bertz CT molecular complexity index is 435. The van der Waals surface area contributed by atoms with E-state index in [4.69, 9.17) is 10.5 Å². The average Bonchev–Trinajstić information content (AvgIpc) is 2.90. The van der Waals surface area contributed by atoms with E-state index in [-0.39, 0.29) is 24.0 Å². The molecule has 0 aromatic heterocycles. The van der Waals surface area contributed by atoms with E-state index in [1.807, 2.05) is 49.2 Å². The molecule has 4 nitrogen and oxygen atoms in total. The lowest BCUT2D eigenvalue weighted by atomic mass is 9.97. The average molecular weight is 276 g/mol. The number of carbonyl (C=O) groups excluding carboxylic acids is 1. The van der Waals surface area contributed by atoms with Gasteiger partial charge in [0.05, 0.1) is 18.1 Å². The number of carbonyl (C=O) groups is 1. The minimum absolute atomic E-state index is 0.110. The molecule has 0 radical (unpaired) electrons. The van der Waals surface area contributed by atoms with Gasteiger partial charge in [-0.1, -0.05) is 30.3 Å². The van der Waals surface area contributed by atoms with E-state index in [9.17, 15) is 4.79 Å². The Hall–Kier alpha value is -1.39. The van der Waals surface area contributed by atoms with Crippen LogP contribution in [0.5, 0.6) is 0 Å². The number of ether oxygens (including phenoxy) is 1. The van der Waals surface area contributed by atoms with Crippen molar-refractivity contribution in [2.75, 3.05) is 20.2 Å². The number of likely N-dealkylation sites (N-methyl/N-ethyl adjacent to an activating group) is 1. The van der Waals surface area contributed by atoms with Crippen molar-refractivity contribution in [2.24, 2.45) is 11.7 Å². The highest BCUT2D eigenvalue weighted by Crippen LogP contribution is 2.21. The van der Waals surface area contributed by atoms with E-state index >= 15 is 0 Å². The summed E-state index contributed by atoms with van der Waals surface area (Å²) in [5.41, 5.74) is 6.97. The van der Waals surface area contributed by atoms with Gasteiger partial charge in [0.15, 0.2) is 0 Å². The number of rotatable bonds is 5. The van der Waals surface area contributed by atoms with Crippen molar-refractivity contribution < 1.29 is 9.53 Å². The summed E-state index contributed by atoms with van der Waals surface area (Å²) in [6.45, 7) is 3.13. The molecule has 0 aliphatic carbocycles. The number of benzene rings is 1. The van der Waals surface area contributed by atoms with Crippen molar-refractivity contribution in [1.82, 2.24) is 4.90 Å². The molecule has 4 heteroatoms. The molecule has 110 valence electrons. The fourth-order valence-corrected chi connectivity index (χ4v) is 2.85. The Morgan fingerprint density at radius 1 is 1.45 bits per heavy atom. The monoisotopic (exact) mass is 276 g/mol. The Morgan fingerprint density at radius 2 is 2.15 bits per heavy atom. The Labute approximate surface area is 120 Å². The van der Waals surface area contributed by atoms with Crippen molar-refractivity contribution in [2.45, 2.75) is 31.9 Å². The largest absolute Gasteiger partial charge is 0.376 e. The minimum atomic E-state index is -0.157. The van der Waals surface area contributed by atoms with E-state index in [0.717, 1.165) is 18.6 Å². The fourth-order valence-electron chi connectivity index (χ4n) is 2.85. The van der Waals surface area contributed by atoms with Gasteiger partial charge in [-0.05, 0) is 25.3 Å². The van der Waals surface area contributed by atoms with Crippen LogP contribution in [0, 0.1) is 5.92 Å². The van der Waals surface area contributed by atoms with Crippen LogP contribution in [0.2, 0.25) is 0 Å². The molecule has 0 saturated carbocycles. The van der Waals surface area contributed by atoms with Gasteiger partial charge in [-0.3, -0.25) is 4.79 Å². The molecule has 2 N–H and O–H groups in total. The van der Waals surface area contributed by atoms with Crippen LogP contribution in [0.4, 0.5) is 0 Å². The third-order valence-corrected chi connectivity index (χ3v) is 4.14. The molecule has 2 rings (SSSR count). The minimum Gasteiger partial charge on any atom is -0.376 e. The molecule has 0 bridgehead atoms. The van der Waals surface area contributed by atoms with E-state index < -0.39 is 0 Å². The zero-order chi connectivity index (χ0) is 14.5. The maximum atomic E-state index is 12.6. The summed E-state index contributed by atoms with van der Waals surface area (Å²) in [6, 6.07) is 10.2. The van der Waals surface area contributed by atoms with Crippen LogP contribution in [-0.2, 0) is 16.0 Å². The summed E-state index contributed by atoms with van der Waals surface area (Å²) in [5.74, 6) is -0.0334. The molecule has 20 heavy (non-hydrogen) atoms. The summed E-state index contributed by atoms with van der Waals surface area (Å²) in [4.78, 5) is 14.4. The normalized spacial score (nSPS) is 23.6. The van der Waals surface area contributed by atoms with E-state index in [1.165, 1.54) is 0 Å². The Morgan fingerprint density at radius 3 is 2.70 bits per heavy atom. The molecular formula is C16H24N2O2. The predicted octanol–water partition coefficient (Wildman–Crippen LogP) is 1.44. The van der Waals surface area contributed by atoms with Gasteiger partial charge in [-0.15, -0.1) is 0 Å². The smallest absolute Gasteiger partial charge is 0.227 e. The second kappa shape index (κ2) is 6.86. The van der Waals surface area contributed by atoms with Crippen LogP contribution < -0.4 is 5.73 Å². The summed E-state index contributed by atoms with van der Waals surface area (Å²) < 4.78 is 5.54. The third kappa shape index (κ3) is 3.38. The molecule has 1 aliphatic heterocycles. The molecule has 0 spiro atoms. The lowest BCUT2D eigenvalue weighted by molar-refractivity contribution is -0.136. The lowest BCUT2D eigenvalue weighted by Gasteiger charge is -2.30. The summed E-state index contributed by atoms with van der Waals surface area (Å²) >= 11 is 0. The maximum Gasteiger partial charge on any atom is 0.227 e. The molecule has 3 atom stereocenters. The van der Waals surface area contributed by atoms with Gasteiger partial charge < -0.3 is 15.4 Å². The molecule has 1 saturated heterocycles. The first kappa shape index (κ1) is 15.0. The van der Waals surface area contributed by atoms with Crippen molar-refractivity contribution in [3.05, 3.63) is 35.9 Å². The first-order valence-electron chi connectivity index (χ1n) is 7.25. The van der Waals surface area contributed by atoms with E-state index in [2.05, 4.69) is 0 Å². The molecule has 1 aromatic rings. The number of amides is 1. The standard InChI is InChI=1S/C16H24N2O2/c1-12-15(8-9-20-12)18(2)16(19)14(11-17)10-13-6-4-3-5-7-13/h3-7,12,14-15H,8-11,17H2,1-2H3. The van der Waals surface area contributed by atoms with Crippen molar-refractivity contribution in [1.29, 1.82) is 0 Å². The zero-order valence-corrected chi connectivity index (χ0v) is 12.3. The molecule has 3 unspecified atom stereocenters. The van der Waals surface area contributed by atoms with Crippen molar-refractivity contribution in [3.63, 3.8) is 0 Å². The Balaban J connectivity index is 2.01. The summed E-state index contributed by atoms with van der Waals surface area (Å²) in [7, 11) is 1.87. The SMILES string of the molecule is CC1OCCC1N(C)C(=O)C(CN)Cc1ccccc1. The Kier molecular flexibility index (Phi) is 5.15. The highest BCUT2D eigenvalue weighted by atomic mass is 16.5. The lowest BCUT2D eigenvalue weighted by Crippen LogP contribution is -2.46. The van der Waals surface area contributed by atoms with Crippen LogP contribution >= 0.6 is 0 Å². The third-order valence-electron chi connectivity index (χ3n) is 4.14. The van der Waals surface area contributed by atoms with Gasteiger partial charge in [0.1, 0.15) is 0 Å². The fraction of sp³-hybridized carbons (Fsp3) is 0.562. The maximum absolute atomic E-state index is 12.6. The van der Waals surface area contributed by atoms with Crippen LogP contribution in [0.1, 0.15) is 18.9 Å². The van der Waals surface area contributed by atoms with Crippen LogP contribution in [0.3, 0.4) is 0 Å². The molecule has 1 amide bonds. The first-order chi connectivity index (χ1) is 9.63. The molecule has 1 aromatic carbocycles. The first-order valence-corrected chi connectivity index (χ1v) is 7.25. The van der Waals surface area contributed by atoms with E-state index in [1.54, 1.807) is 0 Å². The van der Waals surface area contributed by atoms with Crippen molar-refractivity contribution >= 4 is 5.91 Å². The van der Waals surface area contributed by atoms with Crippen LogP contribution in [-0.4, -0.2) is 43.2 Å². The second-order valence-corrected chi connectivity index (χ2v) is 5.50. The highest BCUT2D eigenvalue weighted by molar-refractivity contribution is 5.79. The molecule has 1 fully saturated rings. The van der Waals surface area contributed by atoms with Gasteiger partial charge in [-0.25, -0.2) is 0 Å². The number of nitrogens with two attached hydrogens (primary N) is 1. The van der Waals surface area contributed by atoms with Gasteiger partial charge in [-0.2, -0.15) is 0 Å². The van der Waals surface area contributed by atoms with Crippen LogP contribution in [0.25, 0.3) is 0 Å². The molecular weight excluding hydrogens is 252 g/mol. The topological polar surface area (TPSA) is 55.6 Å². The van der Waals surface area contributed by atoms with Crippen molar-refractivity contribution in [3.8, 4) is 0 Å². The van der Waals surface area contributed by atoms with Gasteiger partial charge in [0.25, 0.3) is 0 Å². The number of hydrogen-bond acceptors (Lipinski definition) is 3. The number of nitrogens with zero attached hydrogens (tertiary/aromatic N) is 1.